The number of ether oxygens (including phenoxy) is 1. The number of hydrogen-bond acceptors (Lipinski definition) is 3. The second kappa shape index (κ2) is 5.64. The van der Waals surface area contributed by atoms with E-state index in [2.05, 4.69) is 10.6 Å². The van der Waals surface area contributed by atoms with Gasteiger partial charge in [0, 0.05) is 26.2 Å². The Labute approximate surface area is 97.1 Å². The summed E-state index contributed by atoms with van der Waals surface area (Å²) in [5, 5.41) is 6.45. The first kappa shape index (κ1) is 11.9. The Kier molecular flexibility index (Phi) is 4.18. The van der Waals surface area contributed by atoms with Gasteiger partial charge in [-0.25, -0.2) is 0 Å². The quantitative estimate of drug-likeness (QED) is 0.667. The van der Waals surface area contributed by atoms with Gasteiger partial charge in [0.1, 0.15) is 0 Å². The second-order valence-electron chi connectivity index (χ2n) is 4.92. The minimum Gasteiger partial charge on any atom is -0.385 e. The number of fused-ring (bicyclic) bond motifs is 2. The number of nitrogens with one attached hydrogen (secondary N) is 2. The summed E-state index contributed by atoms with van der Waals surface area (Å²) in [4.78, 5) is 12.0. The molecule has 2 aliphatic rings. The molecule has 0 aromatic heterocycles. The SMILES string of the molecule is COCCCNC(=O)C1C2CCC1CNC2. The van der Waals surface area contributed by atoms with E-state index in [9.17, 15) is 4.79 Å². The molecule has 1 amide bonds. The van der Waals surface area contributed by atoms with Crippen LogP contribution < -0.4 is 10.6 Å². The van der Waals surface area contributed by atoms with Gasteiger partial charge in [-0.15, -0.1) is 0 Å². The lowest BCUT2D eigenvalue weighted by atomic mass is 9.85. The molecule has 2 rings (SSSR count). The highest BCUT2D eigenvalue weighted by Crippen LogP contribution is 2.39. The van der Waals surface area contributed by atoms with Crippen LogP contribution >= 0.6 is 0 Å². The van der Waals surface area contributed by atoms with Gasteiger partial charge in [0.2, 0.25) is 5.91 Å². The molecule has 1 aliphatic carbocycles. The standard InChI is InChI=1S/C12H22N2O2/c1-16-6-2-5-14-12(15)11-9-3-4-10(11)8-13-7-9/h9-11,13H,2-8H2,1H3,(H,14,15). The molecule has 2 bridgehead atoms. The van der Waals surface area contributed by atoms with E-state index >= 15 is 0 Å². The molecule has 4 heteroatoms. The predicted octanol–water partition coefficient (Wildman–Crippen LogP) is 0.385. The lowest BCUT2D eigenvalue weighted by Gasteiger charge is -2.29. The number of methoxy groups -OCH3 is 1. The fraction of sp³-hybridized carbons (Fsp3) is 0.917. The molecule has 0 spiro atoms. The van der Waals surface area contributed by atoms with E-state index in [-0.39, 0.29) is 11.8 Å². The molecule has 2 unspecified atom stereocenters. The topological polar surface area (TPSA) is 50.4 Å². The third-order valence-corrected chi connectivity index (χ3v) is 3.86. The van der Waals surface area contributed by atoms with Gasteiger partial charge < -0.3 is 15.4 Å². The van der Waals surface area contributed by atoms with Crippen LogP contribution in [0.3, 0.4) is 0 Å². The van der Waals surface area contributed by atoms with Gasteiger partial charge >= 0.3 is 0 Å². The van der Waals surface area contributed by atoms with Crippen LogP contribution in [0, 0.1) is 17.8 Å². The summed E-state index contributed by atoms with van der Waals surface area (Å²) < 4.78 is 4.96. The van der Waals surface area contributed by atoms with Crippen molar-refractivity contribution in [1.82, 2.24) is 10.6 Å². The van der Waals surface area contributed by atoms with Crippen molar-refractivity contribution >= 4 is 5.91 Å². The summed E-state index contributed by atoms with van der Waals surface area (Å²) in [7, 11) is 1.69. The van der Waals surface area contributed by atoms with Crippen molar-refractivity contribution < 1.29 is 9.53 Å². The molecule has 1 heterocycles. The molecular formula is C12H22N2O2. The highest BCUT2D eigenvalue weighted by atomic mass is 16.5. The van der Waals surface area contributed by atoms with Gasteiger partial charge in [-0.3, -0.25) is 4.79 Å². The highest BCUT2D eigenvalue weighted by Gasteiger charge is 2.42. The number of amides is 1. The van der Waals surface area contributed by atoms with Crippen molar-refractivity contribution in [3.05, 3.63) is 0 Å². The molecule has 2 fully saturated rings. The fourth-order valence-electron chi connectivity index (χ4n) is 3.06. The third-order valence-electron chi connectivity index (χ3n) is 3.86. The summed E-state index contributed by atoms with van der Waals surface area (Å²) in [5.74, 6) is 1.68. The van der Waals surface area contributed by atoms with Crippen LogP contribution in [0.25, 0.3) is 0 Å². The number of carbonyl (C=O) groups excluding carboxylic acids is 1. The van der Waals surface area contributed by atoms with E-state index < -0.39 is 0 Å². The summed E-state index contributed by atoms with van der Waals surface area (Å²) in [5.41, 5.74) is 0. The largest absolute Gasteiger partial charge is 0.385 e. The molecule has 1 saturated heterocycles. The van der Waals surface area contributed by atoms with Gasteiger partial charge in [0.05, 0.1) is 0 Å². The van der Waals surface area contributed by atoms with Gasteiger partial charge in [-0.2, -0.15) is 0 Å². The molecule has 1 aliphatic heterocycles. The molecule has 0 aromatic rings. The lowest BCUT2D eigenvalue weighted by Crippen LogP contribution is -2.46. The average Bonchev–Trinajstić information content (AvgIpc) is 2.55. The first-order chi connectivity index (χ1) is 7.83. The first-order valence-corrected chi connectivity index (χ1v) is 6.30. The maximum atomic E-state index is 12.0. The molecule has 0 radical (unpaired) electrons. The Hall–Kier alpha value is -0.610. The number of piperidine rings is 1. The zero-order valence-electron chi connectivity index (χ0n) is 10.00. The second-order valence-corrected chi connectivity index (χ2v) is 4.92. The molecule has 2 N–H and O–H groups in total. The number of hydrogen-bond donors (Lipinski definition) is 2. The van der Waals surface area contributed by atoms with Crippen LogP contribution in [-0.4, -0.2) is 39.3 Å². The molecular weight excluding hydrogens is 204 g/mol. The van der Waals surface area contributed by atoms with E-state index in [1.165, 1.54) is 12.8 Å². The summed E-state index contributed by atoms with van der Waals surface area (Å²) in [6.07, 6.45) is 3.34. The van der Waals surface area contributed by atoms with Gasteiger partial charge in [-0.05, 0) is 44.2 Å². The molecule has 0 aromatic carbocycles. The Bertz CT molecular complexity index is 229. The maximum absolute atomic E-state index is 12.0. The van der Waals surface area contributed by atoms with Crippen molar-refractivity contribution in [1.29, 1.82) is 0 Å². The van der Waals surface area contributed by atoms with Crippen molar-refractivity contribution in [3.63, 3.8) is 0 Å². The van der Waals surface area contributed by atoms with Crippen molar-refractivity contribution in [2.24, 2.45) is 17.8 Å². The van der Waals surface area contributed by atoms with Crippen molar-refractivity contribution in [2.45, 2.75) is 19.3 Å². The first-order valence-electron chi connectivity index (χ1n) is 6.30. The van der Waals surface area contributed by atoms with Gasteiger partial charge in [-0.1, -0.05) is 0 Å². The summed E-state index contributed by atoms with van der Waals surface area (Å²) in [6.45, 7) is 3.51. The monoisotopic (exact) mass is 226 g/mol. The minimum absolute atomic E-state index is 0.267. The highest BCUT2D eigenvalue weighted by molar-refractivity contribution is 5.79. The van der Waals surface area contributed by atoms with E-state index in [0.717, 1.165) is 32.7 Å². The van der Waals surface area contributed by atoms with E-state index in [1.54, 1.807) is 7.11 Å². The Morgan fingerprint density at radius 2 is 2.06 bits per heavy atom. The Morgan fingerprint density at radius 1 is 1.38 bits per heavy atom. The summed E-state index contributed by atoms with van der Waals surface area (Å²) >= 11 is 0. The van der Waals surface area contributed by atoms with Gasteiger partial charge in [0.25, 0.3) is 0 Å². The molecule has 2 atom stereocenters. The van der Waals surface area contributed by atoms with E-state index in [0.29, 0.717) is 11.8 Å². The predicted molar refractivity (Wildman–Crippen MR) is 62.1 cm³/mol. The maximum Gasteiger partial charge on any atom is 0.223 e. The van der Waals surface area contributed by atoms with Gasteiger partial charge in [0.15, 0.2) is 0 Å². The van der Waals surface area contributed by atoms with Crippen LogP contribution in [0.1, 0.15) is 19.3 Å². The van der Waals surface area contributed by atoms with Crippen LogP contribution in [-0.2, 0) is 9.53 Å². The zero-order valence-corrected chi connectivity index (χ0v) is 10.00. The molecule has 92 valence electrons. The fourth-order valence-corrected chi connectivity index (χ4v) is 3.06. The number of carbonyl (C=O) groups is 1. The van der Waals surface area contributed by atoms with Crippen LogP contribution in [0.2, 0.25) is 0 Å². The molecule has 16 heavy (non-hydrogen) atoms. The Morgan fingerprint density at radius 3 is 2.69 bits per heavy atom. The number of rotatable bonds is 5. The van der Waals surface area contributed by atoms with Crippen molar-refractivity contribution in [3.8, 4) is 0 Å². The van der Waals surface area contributed by atoms with Crippen LogP contribution in [0.4, 0.5) is 0 Å². The molecule has 1 saturated carbocycles. The zero-order chi connectivity index (χ0) is 11.4. The Balaban J connectivity index is 1.76. The van der Waals surface area contributed by atoms with E-state index in [4.69, 9.17) is 4.74 Å². The van der Waals surface area contributed by atoms with E-state index in [1.807, 2.05) is 0 Å². The van der Waals surface area contributed by atoms with Crippen LogP contribution in [0.15, 0.2) is 0 Å². The minimum atomic E-state index is 0.267. The third kappa shape index (κ3) is 2.55. The lowest BCUT2D eigenvalue weighted by molar-refractivity contribution is -0.128. The average molecular weight is 226 g/mol. The van der Waals surface area contributed by atoms with Crippen LogP contribution in [0.5, 0.6) is 0 Å². The smallest absolute Gasteiger partial charge is 0.223 e. The van der Waals surface area contributed by atoms with Crippen molar-refractivity contribution in [2.75, 3.05) is 33.4 Å². The molecule has 4 nitrogen and oxygen atoms in total. The normalized spacial score (nSPS) is 32.7. The summed E-state index contributed by atoms with van der Waals surface area (Å²) in [6, 6.07) is 0.